The molecule has 0 atom stereocenters. The summed E-state index contributed by atoms with van der Waals surface area (Å²) in [5.41, 5.74) is 1.72. The number of phenols is 2. The Hall–Kier alpha value is -0.0600. The van der Waals surface area contributed by atoms with Crippen molar-refractivity contribution >= 4 is 95.6 Å². The minimum atomic E-state index is -0.354. The fourth-order valence-corrected chi connectivity index (χ4v) is 6.51. The number of ether oxygens (including phenoxy) is 1. The molecule has 0 saturated carbocycles. The minimum Gasteiger partial charge on any atom is -0.506 e. The van der Waals surface area contributed by atoms with Gasteiger partial charge in [0, 0.05) is 5.41 Å². The molecule has 9 heteroatoms. The van der Waals surface area contributed by atoms with Crippen molar-refractivity contribution in [2.45, 2.75) is 19.3 Å². The summed E-state index contributed by atoms with van der Waals surface area (Å²) < 4.78 is 9.93. The van der Waals surface area contributed by atoms with E-state index in [9.17, 15) is 10.2 Å². The van der Waals surface area contributed by atoms with Crippen LogP contribution in [0.2, 0.25) is 0 Å². The van der Waals surface area contributed by atoms with Gasteiger partial charge >= 0.3 is 0 Å². The third kappa shape index (κ3) is 4.96. The standard InChI is InChI=1S/C21H14Br6O3/c1-21(2,9-3-12(22)18(28)13(23)4-9)10-5-16(26)20(17(27)6-10)30-11-7-14(24)19(29)15(25)8-11/h3-8,28-29H,1-2H3. The van der Waals surface area contributed by atoms with Gasteiger partial charge in [0.15, 0.2) is 5.75 Å². The van der Waals surface area contributed by atoms with Gasteiger partial charge < -0.3 is 14.9 Å². The maximum Gasteiger partial charge on any atom is 0.155 e. The second-order valence-corrected chi connectivity index (χ2v) is 12.1. The van der Waals surface area contributed by atoms with Crippen molar-refractivity contribution in [1.82, 2.24) is 0 Å². The normalized spacial score (nSPS) is 11.6. The fraction of sp³-hybridized carbons (Fsp3) is 0.143. The number of benzene rings is 3. The summed E-state index contributed by atoms with van der Waals surface area (Å²) in [5.74, 6) is 1.47. The summed E-state index contributed by atoms with van der Waals surface area (Å²) in [6, 6.07) is 11.2. The quantitative estimate of drug-likeness (QED) is 0.277. The molecular formula is C21H14Br6O3. The Bertz CT molecular complexity index is 1070. The van der Waals surface area contributed by atoms with Gasteiger partial charge in [0.2, 0.25) is 0 Å². The molecule has 0 aliphatic carbocycles. The van der Waals surface area contributed by atoms with Crippen LogP contribution in [0.4, 0.5) is 0 Å². The van der Waals surface area contributed by atoms with Crippen LogP contribution in [0.1, 0.15) is 25.0 Å². The molecule has 3 rings (SSSR count). The molecule has 30 heavy (non-hydrogen) atoms. The van der Waals surface area contributed by atoms with Crippen LogP contribution in [0.25, 0.3) is 0 Å². The van der Waals surface area contributed by atoms with E-state index in [0.717, 1.165) is 20.1 Å². The van der Waals surface area contributed by atoms with Crippen molar-refractivity contribution in [1.29, 1.82) is 0 Å². The topological polar surface area (TPSA) is 49.7 Å². The lowest BCUT2D eigenvalue weighted by Crippen LogP contribution is -2.19. The maximum absolute atomic E-state index is 10.0. The molecule has 0 fully saturated rings. The molecule has 0 saturated heterocycles. The van der Waals surface area contributed by atoms with Crippen molar-refractivity contribution in [3.8, 4) is 23.0 Å². The van der Waals surface area contributed by atoms with Crippen molar-refractivity contribution in [2.24, 2.45) is 0 Å². The van der Waals surface area contributed by atoms with Gasteiger partial charge in [-0.25, -0.2) is 0 Å². The van der Waals surface area contributed by atoms with Crippen molar-refractivity contribution in [2.75, 3.05) is 0 Å². The van der Waals surface area contributed by atoms with Crippen molar-refractivity contribution in [3.63, 3.8) is 0 Å². The first-order chi connectivity index (χ1) is 13.9. The van der Waals surface area contributed by atoms with E-state index in [1.54, 1.807) is 12.1 Å². The number of aromatic hydroxyl groups is 2. The van der Waals surface area contributed by atoms with E-state index in [2.05, 4.69) is 109 Å². The lowest BCUT2D eigenvalue weighted by atomic mass is 9.78. The molecule has 0 aliphatic rings. The lowest BCUT2D eigenvalue weighted by molar-refractivity contribution is 0.455. The largest absolute Gasteiger partial charge is 0.506 e. The minimum absolute atomic E-state index is 0.115. The second kappa shape index (κ2) is 9.43. The van der Waals surface area contributed by atoms with E-state index in [4.69, 9.17) is 4.74 Å². The monoisotopic (exact) mass is 788 g/mol. The van der Waals surface area contributed by atoms with E-state index in [1.807, 2.05) is 24.3 Å². The van der Waals surface area contributed by atoms with Crippen LogP contribution in [0, 0.1) is 0 Å². The van der Waals surface area contributed by atoms with E-state index < -0.39 is 0 Å². The van der Waals surface area contributed by atoms with E-state index in [0.29, 0.717) is 29.4 Å². The third-order valence-electron chi connectivity index (χ3n) is 4.67. The predicted octanol–water partition coefficient (Wildman–Crippen LogP) is 9.79. The van der Waals surface area contributed by atoms with Gasteiger partial charge in [-0.3, -0.25) is 0 Å². The molecule has 0 heterocycles. The van der Waals surface area contributed by atoms with Crippen molar-refractivity contribution < 1.29 is 14.9 Å². The van der Waals surface area contributed by atoms with Crippen molar-refractivity contribution in [3.05, 3.63) is 74.4 Å². The molecule has 0 aliphatic heterocycles. The zero-order valence-corrected chi connectivity index (χ0v) is 25.1. The highest BCUT2D eigenvalue weighted by Crippen LogP contribution is 2.45. The molecule has 0 bridgehead atoms. The van der Waals surface area contributed by atoms with Gasteiger partial charge in [-0.15, -0.1) is 0 Å². The van der Waals surface area contributed by atoms with Gasteiger partial charge in [0.05, 0.1) is 26.8 Å². The Balaban J connectivity index is 2.02. The highest BCUT2D eigenvalue weighted by molar-refractivity contribution is 9.11. The Morgan fingerprint density at radius 3 is 1.33 bits per heavy atom. The number of phenolic OH excluding ortho intramolecular Hbond substituents is 2. The summed E-state index contributed by atoms with van der Waals surface area (Å²) in [6.45, 7) is 4.22. The van der Waals surface area contributed by atoms with E-state index >= 15 is 0 Å². The third-order valence-corrected chi connectivity index (χ3v) is 8.26. The average Bonchev–Trinajstić information content (AvgIpc) is 2.66. The summed E-state index contributed by atoms with van der Waals surface area (Å²) in [5, 5.41) is 19.9. The maximum atomic E-state index is 10.0. The van der Waals surface area contributed by atoms with Crippen LogP contribution in [0.5, 0.6) is 23.0 Å². The first-order valence-corrected chi connectivity index (χ1v) is 13.2. The number of halogens is 6. The van der Waals surface area contributed by atoms with Gasteiger partial charge in [-0.2, -0.15) is 0 Å². The van der Waals surface area contributed by atoms with Crippen LogP contribution in [-0.2, 0) is 5.41 Å². The molecular weight excluding hydrogens is 780 g/mol. The summed E-state index contributed by atoms with van der Waals surface area (Å²) in [6.07, 6.45) is 0. The van der Waals surface area contributed by atoms with Crippen LogP contribution in [-0.4, -0.2) is 10.2 Å². The highest BCUT2D eigenvalue weighted by atomic mass is 79.9. The lowest BCUT2D eigenvalue weighted by Gasteiger charge is -2.28. The molecule has 0 unspecified atom stereocenters. The predicted molar refractivity (Wildman–Crippen MR) is 141 cm³/mol. The molecule has 158 valence electrons. The fourth-order valence-electron chi connectivity index (χ4n) is 2.83. The Kier molecular flexibility index (Phi) is 7.73. The summed E-state index contributed by atoms with van der Waals surface area (Å²) in [7, 11) is 0. The molecule has 0 aromatic heterocycles. The first kappa shape index (κ1) is 24.6. The zero-order valence-electron chi connectivity index (χ0n) is 15.5. The summed E-state index contributed by atoms with van der Waals surface area (Å²) >= 11 is 20.7. The Morgan fingerprint density at radius 1 is 0.600 bits per heavy atom. The molecule has 0 radical (unpaired) electrons. The molecule has 3 nitrogen and oxygen atoms in total. The second-order valence-electron chi connectivity index (χ2n) is 7.02. The zero-order chi connectivity index (χ0) is 22.4. The van der Waals surface area contributed by atoms with Gasteiger partial charge in [-0.05, 0) is 143 Å². The summed E-state index contributed by atoms with van der Waals surface area (Å²) in [4.78, 5) is 0. The molecule has 2 N–H and O–H groups in total. The SMILES string of the molecule is CC(C)(c1cc(Br)c(O)c(Br)c1)c1cc(Br)c(Oc2cc(Br)c(O)c(Br)c2)c(Br)c1. The van der Waals surface area contributed by atoms with Gasteiger partial charge in [-0.1, -0.05) is 13.8 Å². The number of hydrogen-bond acceptors (Lipinski definition) is 3. The number of rotatable bonds is 4. The van der Waals surface area contributed by atoms with Crippen LogP contribution in [0.15, 0.2) is 63.2 Å². The Morgan fingerprint density at radius 2 is 0.933 bits per heavy atom. The molecule has 0 spiro atoms. The highest BCUT2D eigenvalue weighted by Gasteiger charge is 2.27. The van der Waals surface area contributed by atoms with Gasteiger partial charge in [0.25, 0.3) is 0 Å². The van der Waals surface area contributed by atoms with E-state index in [-0.39, 0.29) is 16.9 Å². The molecule has 3 aromatic rings. The molecule has 0 amide bonds. The number of hydrogen-bond donors (Lipinski definition) is 2. The van der Waals surface area contributed by atoms with Crippen LogP contribution in [0.3, 0.4) is 0 Å². The smallest absolute Gasteiger partial charge is 0.155 e. The van der Waals surface area contributed by atoms with Crippen LogP contribution < -0.4 is 4.74 Å². The Labute approximate surface area is 225 Å². The van der Waals surface area contributed by atoms with E-state index in [1.165, 1.54) is 0 Å². The first-order valence-electron chi connectivity index (χ1n) is 8.45. The average molecular weight is 794 g/mol. The molecule has 3 aromatic carbocycles. The van der Waals surface area contributed by atoms with Gasteiger partial charge in [0.1, 0.15) is 17.2 Å². The van der Waals surface area contributed by atoms with Crippen LogP contribution >= 0.6 is 95.6 Å².